The highest BCUT2D eigenvalue weighted by molar-refractivity contribution is 7.91. The van der Waals surface area contributed by atoms with Crippen molar-refractivity contribution in [2.75, 3.05) is 0 Å². The van der Waals surface area contributed by atoms with Crippen molar-refractivity contribution in [1.29, 1.82) is 0 Å². The molecule has 0 saturated heterocycles. The Kier molecular flexibility index (Phi) is 6.32. The summed E-state index contributed by atoms with van der Waals surface area (Å²) in [5.74, 6) is -18.8. The molecule has 170 valence electrons. The van der Waals surface area contributed by atoms with Crippen molar-refractivity contribution in [3.8, 4) is 0 Å². The molecule has 0 fully saturated rings. The van der Waals surface area contributed by atoms with E-state index in [1.807, 2.05) is 0 Å². The summed E-state index contributed by atoms with van der Waals surface area (Å²) in [7, 11) is -4.82. The first-order valence-corrected chi connectivity index (χ1v) is 10.4. The molecule has 2 nitrogen and oxygen atoms in total. The molecule has 3 aromatic carbocycles. The Morgan fingerprint density at radius 1 is 0.625 bits per heavy atom. The van der Waals surface area contributed by atoms with Gasteiger partial charge in [-0.2, -0.15) is 0 Å². The topological polar surface area (TPSA) is 34.1 Å². The summed E-state index contributed by atoms with van der Waals surface area (Å²) in [5, 5.41) is -2.38. The first kappa shape index (κ1) is 23.7. The van der Waals surface area contributed by atoms with Gasteiger partial charge in [0.25, 0.3) is 0 Å². The van der Waals surface area contributed by atoms with Crippen LogP contribution in [-0.2, 0) is 9.84 Å². The van der Waals surface area contributed by atoms with Crippen molar-refractivity contribution in [2.45, 2.75) is 23.0 Å². The van der Waals surface area contributed by atoms with Gasteiger partial charge in [-0.25, -0.2) is 43.5 Å². The number of rotatable bonds is 5. The van der Waals surface area contributed by atoms with Crippen molar-refractivity contribution < 1.29 is 43.5 Å². The fourth-order valence-corrected chi connectivity index (χ4v) is 5.37. The molecule has 0 aliphatic heterocycles. The average Bonchev–Trinajstić information content (AvgIpc) is 2.77. The third-order valence-corrected chi connectivity index (χ3v) is 7.18. The largest absolute Gasteiger partial charge is 0.223 e. The lowest BCUT2D eigenvalue weighted by Gasteiger charge is -2.26. The van der Waals surface area contributed by atoms with Crippen LogP contribution in [0.3, 0.4) is 0 Å². The van der Waals surface area contributed by atoms with Gasteiger partial charge in [-0.05, 0) is 29.8 Å². The van der Waals surface area contributed by atoms with Crippen molar-refractivity contribution >= 4 is 9.84 Å². The zero-order valence-electron chi connectivity index (χ0n) is 15.9. The van der Waals surface area contributed by atoms with Crippen LogP contribution in [0.25, 0.3) is 0 Å². The molecular formula is C21H12F8O2S. The van der Waals surface area contributed by atoms with Crippen LogP contribution in [0.2, 0.25) is 0 Å². The van der Waals surface area contributed by atoms with Gasteiger partial charge < -0.3 is 0 Å². The molecule has 0 heterocycles. The quantitative estimate of drug-likeness (QED) is 0.251. The Morgan fingerprint density at radius 2 is 1.06 bits per heavy atom. The van der Waals surface area contributed by atoms with Gasteiger partial charge >= 0.3 is 0 Å². The summed E-state index contributed by atoms with van der Waals surface area (Å²) in [6.45, 7) is 0.874. The molecule has 0 aliphatic rings. The van der Waals surface area contributed by atoms with Crippen molar-refractivity contribution in [3.05, 3.63) is 100 Å². The van der Waals surface area contributed by atoms with Gasteiger partial charge in [0, 0.05) is 11.5 Å². The van der Waals surface area contributed by atoms with E-state index in [0.717, 1.165) is 19.1 Å². The van der Waals surface area contributed by atoms with Crippen LogP contribution in [0.15, 0.2) is 47.4 Å². The number of halogens is 8. The highest BCUT2D eigenvalue weighted by Crippen LogP contribution is 2.43. The van der Waals surface area contributed by atoms with Crippen LogP contribution in [0.1, 0.15) is 29.2 Å². The molecule has 0 saturated carbocycles. The zero-order chi connectivity index (χ0) is 24.0. The number of sulfone groups is 1. The summed E-state index contributed by atoms with van der Waals surface area (Å²) in [4.78, 5) is -0.509. The standard InChI is InChI=1S/C21H12F8O2S/c1-9(11-7-13(22)17(26)19(28)15(11)24)21(32(30,31)10-5-3-2-4-6-10)12-8-14(23)18(27)20(29)16(12)25/h2-9,21H,1H3. The first-order valence-electron chi connectivity index (χ1n) is 8.84. The molecule has 0 bridgehead atoms. The van der Waals surface area contributed by atoms with E-state index in [1.165, 1.54) is 18.2 Å². The Labute approximate surface area is 177 Å². The molecule has 32 heavy (non-hydrogen) atoms. The predicted molar refractivity (Wildman–Crippen MR) is 97.3 cm³/mol. The molecular weight excluding hydrogens is 468 g/mol. The van der Waals surface area contributed by atoms with Gasteiger partial charge in [0.1, 0.15) is 5.25 Å². The van der Waals surface area contributed by atoms with Crippen molar-refractivity contribution in [1.82, 2.24) is 0 Å². The van der Waals surface area contributed by atoms with Gasteiger partial charge in [0.05, 0.1) is 4.90 Å². The first-order chi connectivity index (χ1) is 14.9. The molecule has 11 heteroatoms. The Morgan fingerprint density at radius 3 is 1.56 bits per heavy atom. The molecule has 0 amide bonds. The van der Waals surface area contributed by atoms with Gasteiger partial charge in [-0.3, -0.25) is 0 Å². The van der Waals surface area contributed by atoms with Crippen LogP contribution in [-0.4, -0.2) is 8.42 Å². The highest BCUT2D eigenvalue weighted by atomic mass is 32.2. The predicted octanol–water partition coefficient (Wildman–Crippen LogP) is 6.12. The van der Waals surface area contributed by atoms with E-state index in [1.54, 1.807) is 0 Å². The number of benzene rings is 3. The minimum absolute atomic E-state index is 0.0591. The fourth-order valence-electron chi connectivity index (χ4n) is 3.35. The number of hydrogen-bond acceptors (Lipinski definition) is 2. The molecule has 3 rings (SSSR count). The second kappa shape index (κ2) is 8.53. The normalized spacial score (nSPS) is 13.8. The molecule has 0 radical (unpaired) electrons. The maximum Gasteiger partial charge on any atom is 0.197 e. The summed E-state index contributed by atoms with van der Waals surface area (Å²) in [6.07, 6.45) is 0. The highest BCUT2D eigenvalue weighted by Gasteiger charge is 2.40. The molecule has 2 unspecified atom stereocenters. The van der Waals surface area contributed by atoms with Crippen LogP contribution >= 0.6 is 0 Å². The van der Waals surface area contributed by atoms with Crippen LogP contribution in [0.4, 0.5) is 35.1 Å². The lowest BCUT2D eigenvalue weighted by Crippen LogP contribution is -2.23. The maximum absolute atomic E-state index is 14.6. The smallest absolute Gasteiger partial charge is 0.197 e. The lowest BCUT2D eigenvalue weighted by atomic mass is 9.91. The minimum Gasteiger partial charge on any atom is -0.223 e. The van der Waals surface area contributed by atoms with E-state index in [4.69, 9.17) is 0 Å². The summed E-state index contributed by atoms with van der Waals surface area (Å²) < 4.78 is 138. The van der Waals surface area contributed by atoms with E-state index >= 15 is 0 Å². The second-order valence-electron chi connectivity index (χ2n) is 6.85. The SMILES string of the molecule is CC(c1cc(F)c(F)c(F)c1F)C(c1cc(F)c(F)c(F)c1F)S(=O)(=O)c1ccccc1. The zero-order valence-corrected chi connectivity index (χ0v) is 16.8. The van der Waals surface area contributed by atoms with Crippen LogP contribution in [0.5, 0.6) is 0 Å². The van der Waals surface area contributed by atoms with E-state index in [0.29, 0.717) is 0 Å². The Balaban J connectivity index is 2.36. The fraction of sp³-hybridized carbons (Fsp3) is 0.143. The van der Waals surface area contributed by atoms with E-state index in [9.17, 15) is 43.5 Å². The van der Waals surface area contributed by atoms with Crippen LogP contribution < -0.4 is 0 Å². The average molecular weight is 480 g/mol. The van der Waals surface area contributed by atoms with E-state index in [-0.39, 0.29) is 12.1 Å². The third kappa shape index (κ3) is 3.85. The maximum atomic E-state index is 14.6. The summed E-state index contributed by atoms with van der Waals surface area (Å²) in [5.41, 5.74) is -2.29. The molecule has 3 aromatic rings. The Hall–Kier alpha value is -2.95. The lowest BCUT2D eigenvalue weighted by molar-refractivity contribution is 0.393. The molecule has 0 spiro atoms. The van der Waals surface area contributed by atoms with Crippen LogP contribution in [0, 0.1) is 46.5 Å². The minimum atomic E-state index is -4.82. The summed E-state index contributed by atoms with van der Waals surface area (Å²) >= 11 is 0. The summed E-state index contributed by atoms with van der Waals surface area (Å²) in [6, 6.07) is 6.21. The van der Waals surface area contributed by atoms with E-state index in [2.05, 4.69) is 0 Å². The molecule has 0 aromatic heterocycles. The van der Waals surface area contributed by atoms with Gasteiger partial charge in [0.15, 0.2) is 56.4 Å². The van der Waals surface area contributed by atoms with Crippen molar-refractivity contribution in [2.24, 2.45) is 0 Å². The Bertz CT molecular complexity index is 1290. The molecule has 2 atom stereocenters. The second-order valence-corrected chi connectivity index (χ2v) is 8.92. The molecule has 0 aliphatic carbocycles. The third-order valence-electron chi connectivity index (χ3n) is 4.92. The van der Waals surface area contributed by atoms with Gasteiger partial charge in [-0.1, -0.05) is 25.1 Å². The number of hydrogen-bond donors (Lipinski definition) is 0. The monoisotopic (exact) mass is 480 g/mol. The van der Waals surface area contributed by atoms with Crippen molar-refractivity contribution in [3.63, 3.8) is 0 Å². The van der Waals surface area contributed by atoms with E-state index < -0.39 is 83.6 Å². The van der Waals surface area contributed by atoms with Gasteiger partial charge in [0.2, 0.25) is 0 Å². The van der Waals surface area contributed by atoms with Gasteiger partial charge in [-0.15, -0.1) is 0 Å². The molecule has 0 N–H and O–H groups in total.